The first-order valence-corrected chi connectivity index (χ1v) is 8.40. The summed E-state index contributed by atoms with van der Waals surface area (Å²) in [6.45, 7) is 1.64. The van der Waals surface area contributed by atoms with Crippen LogP contribution in [0.2, 0.25) is 0 Å². The Balaban J connectivity index is 2.00. The van der Waals surface area contributed by atoms with Gasteiger partial charge in [-0.1, -0.05) is 48.2 Å². The maximum atomic E-state index is 12.4. The van der Waals surface area contributed by atoms with Gasteiger partial charge in [0.15, 0.2) is 0 Å². The molecule has 2 N–H and O–H groups in total. The summed E-state index contributed by atoms with van der Waals surface area (Å²) in [7, 11) is 0. The molecule has 1 fully saturated rings. The summed E-state index contributed by atoms with van der Waals surface area (Å²) in [5.74, 6) is -1.79. The van der Waals surface area contributed by atoms with E-state index in [9.17, 15) is 14.4 Å². The number of amides is 2. The molecule has 0 aliphatic carbocycles. The third-order valence-electron chi connectivity index (χ3n) is 3.35. The van der Waals surface area contributed by atoms with Gasteiger partial charge in [-0.2, -0.15) is 0 Å². The lowest BCUT2D eigenvalue weighted by molar-refractivity contribution is -0.138. The standard InChI is InChI=1S/C16H16N2O4S2/c1-10-4-2-3-5-11(10)8-12-15(22)18(16(23)24-12)7-6-13(19)17-9-14(20)21/h2-5,8H,6-7,9H2,1H3,(H,17,19)(H,20,21)/b12-8-. The lowest BCUT2D eigenvalue weighted by Gasteiger charge is -2.13. The summed E-state index contributed by atoms with van der Waals surface area (Å²) in [5, 5.41) is 10.8. The van der Waals surface area contributed by atoms with Crippen molar-refractivity contribution in [1.82, 2.24) is 10.2 Å². The van der Waals surface area contributed by atoms with E-state index < -0.39 is 18.4 Å². The Morgan fingerprint density at radius 2 is 2.08 bits per heavy atom. The first-order valence-electron chi connectivity index (χ1n) is 7.18. The molecule has 2 rings (SSSR count). The number of nitrogens with one attached hydrogen (secondary N) is 1. The van der Waals surface area contributed by atoms with E-state index >= 15 is 0 Å². The highest BCUT2D eigenvalue weighted by molar-refractivity contribution is 8.26. The van der Waals surface area contributed by atoms with E-state index in [0.717, 1.165) is 11.1 Å². The summed E-state index contributed by atoms with van der Waals surface area (Å²) in [5.41, 5.74) is 1.99. The van der Waals surface area contributed by atoms with Gasteiger partial charge in [0.1, 0.15) is 10.9 Å². The predicted octanol–water partition coefficient (Wildman–Crippen LogP) is 1.79. The van der Waals surface area contributed by atoms with Gasteiger partial charge < -0.3 is 10.4 Å². The van der Waals surface area contributed by atoms with E-state index in [4.69, 9.17) is 17.3 Å². The third-order valence-corrected chi connectivity index (χ3v) is 4.73. The minimum Gasteiger partial charge on any atom is -0.480 e. The highest BCUT2D eigenvalue weighted by Gasteiger charge is 2.32. The SMILES string of the molecule is Cc1ccccc1/C=C1\SC(=S)N(CCC(=O)NCC(=O)O)C1=O. The van der Waals surface area contributed by atoms with Gasteiger partial charge in [-0.15, -0.1) is 0 Å². The third kappa shape index (κ3) is 4.65. The van der Waals surface area contributed by atoms with Crippen molar-refractivity contribution in [2.45, 2.75) is 13.3 Å². The van der Waals surface area contributed by atoms with E-state index in [1.807, 2.05) is 31.2 Å². The van der Waals surface area contributed by atoms with Gasteiger partial charge in [0.05, 0.1) is 4.91 Å². The second-order valence-electron chi connectivity index (χ2n) is 5.11. The smallest absolute Gasteiger partial charge is 0.322 e. The number of rotatable bonds is 6. The molecule has 0 atom stereocenters. The number of benzene rings is 1. The molecule has 126 valence electrons. The molecule has 0 saturated carbocycles. The average molecular weight is 364 g/mol. The van der Waals surface area contributed by atoms with Crippen molar-refractivity contribution in [3.8, 4) is 0 Å². The van der Waals surface area contributed by atoms with Crippen LogP contribution < -0.4 is 5.32 Å². The molecule has 1 saturated heterocycles. The molecule has 0 spiro atoms. The number of nitrogens with zero attached hydrogens (tertiary/aromatic N) is 1. The van der Waals surface area contributed by atoms with Crippen LogP contribution in [0.3, 0.4) is 0 Å². The van der Waals surface area contributed by atoms with E-state index in [0.29, 0.717) is 9.23 Å². The number of thioether (sulfide) groups is 1. The van der Waals surface area contributed by atoms with E-state index in [1.54, 1.807) is 6.08 Å². The number of carboxylic acid groups (broad SMARTS) is 1. The maximum Gasteiger partial charge on any atom is 0.322 e. The molecule has 1 heterocycles. The summed E-state index contributed by atoms with van der Waals surface area (Å²) >= 11 is 6.40. The molecule has 2 amide bonds. The van der Waals surface area contributed by atoms with Crippen LogP contribution in [0.25, 0.3) is 6.08 Å². The Morgan fingerprint density at radius 1 is 1.38 bits per heavy atom. The van der Waals surface area contributed by atoms with Crippen LogP contribution in [0.4, 0.5) is 0 Å². The van der Waals surface area contributed by atoms with Crippen LogP contribution in [0.5, 0.6) is 0 Å². The Bertz CT molecular complexity index is 731. The molecule has 0 radical (unpaired) electrons. The predicted molar refractivity (Wildman–Crippen MR) is 96.3 cm³/mol. The maximum absolute atomic E-state index is 12.4. The monoisotopic (exact) mass is 364 g/mol. The first kappa shape index (κ1) is 18.2. The van der Waals surface area contributed by atoms with Crippen LogP contribution >= 0.6 is 24.0 Å². The zero-order chi connectivity index (χ0) is 17.7. The Labute approximate surface area is 148 Å². The Hall–Kier alpha value is -2.19. The number of carboxylic acids is 1. The zero-order valence-corrected chi connectivity index (χ0v) is 14.6. The molecular weight excluding hydrogens is 348 g/mol. The fraction of sp³-hybridized carbons (Fsp3) is 0.250. The highest BCUT2D eigenvalue weighted by atomic mass is 32.2. The van der Waals surface area contributed by atoms with Gasteiger partial charge in [-0.05, 0) is 24.1 Å². The topological polar surface area (TPSA) is 86.7 Å². The average Bonchev–Trinajstić information content (AvgIpc) is 2.79. The fourth-order valence-corrected chi connectivity index (χ4v) is 3.36. The van der Waals surface area contributed by atoms with Crippen LogP contribution in [0.1, 0.15) is 17.5 Å². The van der Waals surface area contributed by atoms with Gasteiger partial charge in [0.25, 0.3) is 5.91 Å². The van der Waals surface area contributed by atoms with Crippen molar-refractivity contribution in [3.63, 3.8) is 0 Å². The van der Waals surface area contributed by atoms with E-state index in [1.165, 1.54) is 16.7 Å². The summed E-state index contributed by atoms with van der Waals surface area (Å²) in [6.07, 6.45) is 1.79. The highest BCUT2D eigenvalue weighted by Crippen LogP contribution is 2.32. The van der Waals surface area contributed by atoms with Gasteiger partial charge in [0, 0.05) is 13.0 Å². The summed E-state index contributed by atoms with van der Waals surface area (Å²) in [6, 6.07) is 7.70. The lowest BCUT2D eigenvalue weighted by atomic mass is 10.1. The van der Waals surface area contributed by atoms with Gasteiger partial charge in [-0.25, -0.2) is 0 Å². The molecule has 6 nitrogen and oxygen atoms in total. The largest absolute Gasteiger partial charge is 0.480 e. The molecule has 8 heteroatoms. The minimum absolute atomic E-state index is 0.00261. The number of carbonyl (C=O) groups is 3. The van der Waals surface area contributed by atoms with Crippen LogP contribution in [-0.4, -0.2) is 45.2 Å². The summed E-state index contributed by atoms with van der Waals surface area (Å²) in [4.78, 5) is 36.3. The van der Waals surface area contributed by atoms with Crippen LogP contribution in [0.15, 0.2) is 29.2 Å². The van der Waals surface area contributed by atoms with Gasteiger partial charge >= 0.3 is 5.97 Å². The van der Waals surface area contributed by atoms with E-state index in [2.05, 4.69) is 5.32 Å². The lowest BCUT2D eigenvalue weighted by Crippen LogP contribution is -2.35. The van der Waals surface area contributed by atoms with Crippen molar-refractivity contribution < 1.29 is 19.5 Å². The normalized spacial score (nSPS) is 15.9. The second-order valence-corrected chi connectivity index (χ2v) is 6.79. The van der Waals surface area contributed by atoms with Crippen molar-refractivity contribution >= 4 is 52.2 Å². The summed E-state index contributed by atoms with van der Waals surface area (Å²) < 4.78 is 0.394. The number of hydrogen-bond acceptors (Lipinski definition) is 5. The van der Waals surface area contributed by atoms with Crippen LogP contribution in [-0.2, 0) is 14.4 Å². The van der Waals surface area contributed by atoms with E-state index in [-0.39, 0.29) is 18.9 Å². The quantitative estimate of drug-likeness (QED) is 0.591. The molecule has 1 aliphatic heterocycles. The molecule has 1 aliphatic rings. The van der Waals surface area contributed by atoms with Crippen molar-refractivity contribution in [2.24, 2.45) is 0 Å². The molecule has 24 heavy (non-hydrogen) atoms. The van der Waals surface area contributed by atoms with Crippen LogP contribution in [0, 0.1) is 6.92 Å². The van der Waals surface area contributed by atoms with Crippen molar-refractivity contribution in [1.29, 1.82) is 0 Å². The molecule has 0 bridgehead atoms. The number of carbonyl (C=O) groups excluding carboxylic acids is 2. The van der Waals surface area contributed by atoms with Crippen molar-refractivity contribution in [3.05, 3.63) is 40.3 Å². The van der Waals surface area contributed by atoms with Gasteiger partial charge in [0.2, 0.25) is 5.91 Å². The number of hydrogen-bond donors (Lipinski definition) is 2. The van der Waals surface area contributed by atoms with Gasteiger partial charge in [-0.3, -0.25) is 19.3 Å². The van der Waals surface area contributed by atoms with Crippen molar-refractivity contribution in [2.75, 3.05) is 13.1 Å². The Morgan fingerprint density at radius 3 is 2.75 bits per heavy atom. The minimum atomic E-state index is -1.12. The number of aliphatic carboxylic acids is 1. The second kappa shape index (κ2) is 8.07. The zero-order valence-electron chi connectivity index (χ0n) is 12.9. The number of aryl methyl sites for hydroxylation is 1. The molecule has 1 aromatic rings. The molecule has 0 aromatic heterocycles. The number of thiocarbonyl (C=S) groups is 1. The fourth-order valence-electron chi connectivity index (χ4n) is 2.06. The molecular formula is C16H16N2O4S2. The first-order chi connectivity index (χ1) is 11.4. The molecule has 1 aromatic carbocycles. The Kier molecular flexibility index (Phi) is 6.10. The molecule has 0 unspecified atom stereocenters.